The topological polar surface area (TPSA) is 78.6 Å². The van der Waals surface area contributed by atoms with Crippen LogP contribution in [-0.2, 0) is 4.79 Å². The van der Waals surface area contributed by atoms with Crippen LogP contribution in [0, 0.1) is 5.92 Å². The Labute approximate surface area is 108 Å². The van der Waals surface area contributed by atoms with Crippen molar-refractivity contribution >= 4 is 5.97 Å². The molecule has 2 aliphatic rings. The first-order valence-electron chi connectivity index (χ1n) is 6.82. The first kappa shape index (κ1) is 13.2. The van der Waals surface area contributed by atoms with E-state index in [2.05, 4.69) is 10.2 Å². The summed E-state index contributed by atoms with van der Waals surface area (Å²) in [4.78, 5) is 12.9. The van der Waals surface area contributed by atoms with Crippen LogP contribution in [0.2, 0.25) is 0 Å². The summed E-state index contributed by atoms with van der Waals surface area (Å²) < 4.78 is 0. The molecule has 0 radical (unpaired) electrons. The molecule has 102 valence electrons. The molecule has 5 nitrogen and oxygen atoms in total. The first-order valence-corrected chi connectivity index (χ1v) is 6.82. The summed E-state index contributed by atoms with van der Waals surface area (Å²) in [6.45, 7) is 1.87. The average Bonchev–Trinajstić information content (AvgIpc) is 2.77. The Morgan fingerprint density at radius 2 is 2.22 bits per heavy atom. The molecular weight excluding hydrogens is 230 g/mol. The minimum Gasteiger partial charge on any atom is -0.480 e. The first-order chi connectivity index (χ1) is 8.65. The van der Waals surface area contributed by atoms with Crippen molar-refractivity contribution in [1.82, 2.24) is 10.2 Å². The molecule has 18 heavy (non-hydrogen) atoms. The molecular formula is C13H23N3O2. The minimum atomic E-state index is -0.941. The molecule has 1 unspecified atom stereocenters. The molecule has 0 amide bonds. The van der Waals surface area contributed by atoms with Crippen molar-refractivity contribution in [3.63, 3.8) is 0 Å². The maximum atomic E-state index is 10.7. The Bertz CT molecular complexity index is 324. The van der Waals surface area contributed by atoms with E-state index in [0.717, 1.165) is 24.8 Å². The summed E-state index contributed by atoms with van der Waals surface area (Å²) >= 11 is 0. The van der Waals surface area contributed by atoms with Crippen LogP contribution >= 0.6 is 0 Å². The van der Waals surface area contributed by atoms with E-state index < -0.39 is 12.0 Å². The second kappa shape index (κ2) is 6.09. The fourth-order valence-corrected chi connectivity index (χ4v) is 2.78. The van der Waals surface area contributed by atoms with E-state index >= 15 is 0 Å². The normalized spacial score (nSPS) is 22.5. The zero-order chi connectivity index (χ0) is 13.0. The summed E-state index contributed by atoms with van der Waals surface area (Å²) in [5.74, 6) is -0.146. The van der Waals surface area contributed by atoms with Crippen molar-refractivity contribution in [2.24, 2.45) is 11.7 Å². The Hall–Kier alpha value is -1.23. The van der Waals surface area contributed by atoms with Gasteiger partial charge in [-0.3, -0.25) is 4.79 Å². The SMILES string of the molecule is NC(CC1=CN(CC2CCCCC2)CN1)C(=O)O. The van der Waals surface area contributed by atoms with Gasteiger partial charge in [0.15, 0.2) is 0 Å². The van der Waals surface area contributed by atoms with Crippen LogP contribution in [0.4, 0.5) is 0 Å². The molecule has 5 heteroatoms. The van der Waals surface area contributed by atoms with Gasteiger partial charge in [-0.25, -0.2) is 0 Å². The molecule has 1 aliphatic heterocycles. The second-order valence-electron chi connectivity index (χ2n) is 5.41. The highest BCUT2D eigenvalue weighted by Crippen LogP contribution is 2.25. The molecule has 0 aromatic carbocycles. The van der Waals surface area contributed by atoms with E-state index in [9.17, 15) is 4.79 Å². The summed E-state index contributed by atoms with van der Waals surface area (Å²) in [7, 11) is 0. The number of carboxylic acids is 1. The molecule has 1 atom stereocenters. The number of carboxylic acid groups (broad SMARTS) is 1. The molecule has 0 bridgehead atoms. The lowest BCUT2D eigenvalue weighted by Crippen LogP contribution is -2.32. The molecule has 4 N–H and O–H groups in total. The smallest absolute Gasteiger partial charge is 0.320 e. The van der Waals surface area contributed by atoms with Gasteiger partial charge in [-0.05, 0) is 18.8 Å². The molecule has 1 saturated carbocycles. The van der Waals surface area contributed by atoms with Gasteiger partial charge in [0.1, 0.15) is 6.04 Å². The van der Waals surface area contributed by atoms with Crippen LogP contribution in [0.25, 0.3) is 0 Å². The highest BCUT2D eigenvalue weighted by atomic mass is 16.4. The van der Waals surface area contributed by atoms with Gasteiger partial charge in [-0.2, -0.15) is 0 Å². The highest BCUT2D eigenvalue weighted by Gasteiger charge is 2.21. The largest absolute Gasteiger partial charge is 0.480 e. The fourth-order valence-electron chi connectivity index (χ4n) is 2.78. The fraction of sp³-hybridized carbons (Fsp3) is 0.769. The summed E-state index contributed by atoms with van der Waals surface area (Å²) in [6, 6.07) is -0.807. The van der Waals surface area contributed by atoms with E-state index in [1.807, 2.05) is 6.20 Å². The monoisotopic (exact) mass is 253 g/mol. The number of aliphatic carboxylic acids is 1. The molecule has 0 spiro atoms. The van der Waals surface area contributed by atoms with Gasteiger partial charge in [0.25, 0.3) is 0 Å². The van der Waals surface area contributed by atoms with Crippen molar-refractivity contribution in [3.8, 4) is 0 Å². The van der Waals surface area contributed by atoms with Crippen LogP contribution in [0.15, 0.2) is 11.9 Å². The third-order valence-corrected chi connectivity index (χ3v) is 3.82. The average molecular weight is 253 g/mol. The van der Waals surface area contributed by atoms with Gasteiger partial charge in [-0.1, -0.05) is 19.3 Å². The highest BCUT2D eigenvalue weighted by molar-refractivity contribution is 5.73. The number of rotatable bonds is 5. The predicted octanol–water partition coefficient (Wildman–Crippen LogP) is 1.07. The van der Waals surface area contributed by atoms with Crippen molar-refractivity contribution in [2.75, 3.05) is 13.2 Å². The Morgan fingerprint density at radius 3 is 2.89 bits per heavy atom. The quantitative estimate of drug-likeness (QED) is 0.683. The van der Waals surface area contributed by atoms with E-state index in [0.29, 0.717) is 6.42 Å². The van der Waals surface area contributed by atoms with E-state index in [1.165, 1.54) is 32.1 Å². The molecule has 0 aromatic rings. The molecule has 1 heterocycles. The van der Waals surface area contributed by atoms with Gasteiger partial charge >= 0.3 is 5.97 Å². The van der Waals surface area contributed by atoms with Crippen molar-refractivity contribution in [2.45, 2.75) is 44.6 Å². The number of nitrogens with zero attached hydrogens (tertiary/aromatic N) is 1. The lowest BCUT2D eigenvalue weighted by atomic mass is 9.89. The van der Waals surface area contributed by atoms with Crippen LogP contribution in [-0.4, -0.2) is 35.2 Å². The molecule has 2 rings (SSSR count). The van der Waals surface area contributed by atoms with Gasteiger partial charge < -0.3 is 21.1 Å². The number of nitrogens with one attached hydrogen (secondary N) is 1. The number of nitrogens with two attached hydrogens (primary N) is 1. The molecule has 1 aliphatic carbocycles. The van der Waals surface area contributed by atoms with Gasteiger partial charge in [0.05, 0.1) is 6.67 Å². The van der Waals surface area contributed by atoms with E-state index in [-0.39, 0.29) is 0 Å². The van der Waals surface area contributed by atoms with Gasteiger partial charge in [0, 0.05) is 24.9 Å². The van der Waals surface area contributed by atoms with Crippen molar-refractivity contribution < 1.29 is 9.90 Å². The summed E-state index contributed by atoms with van der Waals surface area (Å²) in [5.41, 5.74) is 6.47. The lowest BCUT2D eigenvalue weighted by molar-refractivity contribution is -0.138. The van der Waals surface area contributed by atoms with E-state index in [1.54, 1.807) is 0 Å². The summed E-state index contributed by atoms with van der Waals surface area (Å²) in [5, 5.41) is 12.0. The maximum Gasteiger partial charge on any atom is 0.320 e. The summed E-state index contributed by atoms with van der Waals surface area (Å²) in [6.07, 6.45) is 9.17. The van der Waals surface area contributed by atoms with Crippen LogP contribution in [0.5, 0.6) is 0 Å². The Balaban J connectivity index is 1.78. The molecule has 0 aromatic heterocycles. The van der Waals surface area contributed by atoms with E-state index in [4.69, 9.17) is 10.8 Å². The van der Waals surface area contributed by atoms with Crippen LogP contribution in [0.1, 0.15) is 38.5 Å². The Kier molecular flexibility index (Phi) is 4.47. The molecule has 0 saturated heterocycles. The zero-order valence-corrected chi connectivity index (χ0v) is 10.8. The predicted molar refractivity (Wildman–Crippen MR) is 69.6 cm³/mol. The standard InChI is InChI=1S/C13H23N3O2/c14-12(13(17)18)6-11-8-16(9-15-11)7-10-4-2-1-3-5-10/h8,10,12,15H,1-7,9,14H2,(H,17,18). The van der Waals surface area contributed by atoms with Crippen molar-refractivity contribution in [3.05, 3.63) is 11.9 Å². The van der Waals surface area contributed by atoms with Crippen LogP contribution in [0.3, 0.4) is 0 Å². The third-order valence-electron chi connectivity index (χ3n) is 3.82. The zero-order valence-electron chi connectivity index (χ0n) is 10.8. The van der Waals surface area contributed by atoms with Crippen LogP contribution < -0.4 is 11.1 Å². The lowest BCUT2D eigenvalue weighted by Gasteiger charge is -2.26. The number of hydrogen-bond donors (Lipinski definition) is 3. The van der Waals surface area contributed by atoms with Crippen molar-refractivity contribution in [1.29, 1.82) is 0 Å². The number of carbonyl (C=O) groups is 1. The number of hydrogen-bond acceptors (Lipinski definition) is 4. The molecule has 1 fully saturated rings. The third kappa shape index (κ3) is 3.63. The maximum absolute atomic E-state index is 10.7. The Morgan fingerprint density at radius 1 is 1.50 bits per heavy atom. The van der Waals surface area contributed by atoms with Gasteiger partial charge in [0.2, 0.25) is 0 Å². The minimum absolute atomic E-state index is 0.385. The van der Waals surface area contributed by atoms with Gasteiger partial charge in [-0.15, -0.1) is 0 Å². The second-order valence-corrected chi connectivity index (χ2v) is 5.41.